The first-order chi connectivity index (χ1) is 30.0. The van der Waals surface area contributed by atoms with E-state index in [9.17, 15) is 9.59 Å². The summed E-state index contributed by atoms with van der Waals surface area (Å²) >= 11 is 0. The summed E-state index contributed by atoms with van der Waals surface area (Å²) < 4.78 is 27.9. The maximum Gasteiger partial charge on any atom is 0.410 e. The second kappa shape index (κ2) is 23.5. The molecule has 342 valence electrons. The smallest absolute Gasteiger partial charge is 0.410 e. The van der Waals surface area contributed by atoms with Crippen LogP contribution in [0.25, 0.3) is 0 Å². The molecule has 2 spiro atoms. The molecule has 0 aliphatic carbocycles. The molecule has 0 saturated carbocycles. The second-order valence-electron chi connectivity index (χ2n) is 18.0. The van der Waals surface area contributed by atoms with Crippen LogP contribution < -0.4 is 29.6 Å². The molecule has 4 aromatic rings. The Morgan fingerprint density at radius 3 is 1.48 bits per heavy atom. The van der Waals surface area contributed by atoms with Gasteiger partial charge in [0.15, 0.2) is 29.3 Å². The topological polar surface area (TPSA) is 111 Å². The van der Waals surface area contributed by atoms with Crippen molar-refractivity contribution in [1.82, 2.24) is 20.4 Å². The minimum Gasteiger partial charge on any atom is -0.493 e. The maximum absolute atomic E-state index is 12.0. The first-order valence-corrected chi connectivity index (χ1v) is 22.4. The molecule has 4 aliphatic rings. The van der Waals surface area contributed by atoms with Gasteiger partial charge in [-0.15, -0.1) is 0 Å². The number of hydrogen-bond acceptors (Lipinski definition) is 10. The fourth-order valence-electron chi connectivity index (χ4n) is 8.88. The molecule has 1 amide bonds. The monoisotopic (exact) mass is 865 g/mol. The van der Waals surface area contributed by atoms with Gasteiger partial charge in [-0.1, -0.05) is 62.0 Å². The minimum atomic E-state index is -0.388. The molecule has 4 heterocycles. The van der Waals surface area contributed by atoms with Crippen LogP contribution in [0.2, 0.25) is 0 Å². The molecule has 4 aliphatic heterocycles. The molecule has 11 heteroatoms. The number of nitrogens with zero attached hydrogens (tertiary/aromatic N) is 2. The van der Waals surface area contributed by atoms with E-state index in [2.05, 4.69) is 33.7 Å². The molecule has 0 bridgehead atoms. The average Bonchev–Trinajstić information content (AvgIpc) is 3.29. The first-order valence-electron chi connectivity index (χ1n) is 22.4. The van der Waals surface area contributed by atoms with Crippen LogP contribution in [0.3, 0.4) is 0 Å². The SMILES string of the molecule is C.CC(C)(C)OC(=O)N1CCC2(CCNCC2)CC1.COc1ccccc1Oc1ccccc1C=O.COc1ccccc1Oc1ccccc1CN1CCC2(CCNCC2)CC1. The van der Waals surface area contributed by atoms with Gasteiger partial charge in [0.25, 0.3) is 0 Å². The minimum absolute atomic E-state index is 0. The molecule has 4 saturated heterocycles. The van der Waals surface area contributed by atoms with Gasteiger partial charge in [-0.05, 0) is 165 Å². The van der Waals surface area contributed by atoms with Crippen molar-refractivity contribution < 1.29 is 33.3 Å². The van der Waals surface area contributed by atoms with Crippen molar-refractivity contribution in [2.75, 3.05) is 66.6 Å². The number of carbonyl (C=O) groups is 2. The third-order valence-electron chi connectivity index (χ3n) is 12.7. The predicted octanol–water partition coefficient (Wildman–Crippen LogP) is 10.8. The van der Waals surface area contributed by atoms with Gasteiger partial charge in [0.1, 0.15) is 17.1 Å². The molecule has 0 aromatic heterocycles. The summed E-state index contributed by atoms with van der Waals surface area (Å²) in [7, 11) is 3.26. The fourth-order valence-corrected chi connectivity index (χ4v) is 8.88. The number of amides is 1. The van der Waals surface area contributed by atoms with E-state index in [-0.39, 0.29) is 19.1 Å². The van der Waals surface area contributed by atoms with Crippen LogP contribution in [0.15, 0.2) is 97.1 Å². The van der Waals surface area contributed by atoms with Crippen LogP contribution in [-0.4, -0.2) is 94.4 Å². The molecular formula is C52H72N4O7. The molecule has 63 heavy (non-hydrogen) atoms. The Morgan fingerprint density at radius 1 is 0.587 bits per heavy atom. The number of methoxy groups -OCH3 is 2. The number of ether oxygens (including phenoxy) is 5. The molecular weight excluding hydrogens is 793 g/mol. The Hall–Kier alpha value is -5.10. The van der Waals surface area contributed by atoms with Gasteiger partial charge in [0, 0.05) is 25.2 Å². The lowest BCUT2D eigenvalue weighted by Crippen LogP contribution is -2.48. The molecule has 2 N–H and O–H groups in total. The summed E-state index contributed by atoms with van der Waals surface area (Å²) in [5, 5.41) is 6.92. The first kappa shape index (κ1) is 48.9. The third kappa shape index (κ3) is 14.2. The molecule has 4 fully saturated rings. The quantitative estimate of drug-likeness (QED) is 0.158. The van der Waals surface area contributed by atoms with Crippen molar-refractivity contribution in [2.24, 2.45) is 10.8 Å². The fraction of sp³-hybridized carbons (Fsp3) is 0.500. The number of carbonyl (C=O) groups excluding carboxylic acids is 2. The highest BCUT2D eigenvalue weighted by molar-refractivity contribution is 5.79. The number of likely N-dealkylation sites (tertiary alicyclic amines) is 2. The molecule has 8 rings (SSSR count). The largest absolute Gasteiger partial charge is 0.493 e. The van der Waals surface area contributed by atoms with Crippen molar-refractivity contribution in [3.8, 4) is 34.5 Å². The van der Waals surface area contributed by atoms with Gasteiger partial charge in [-0.25, -0.2) is 4.79 Å². The van der Waals surface area contributed by atoms with E-state index in [0.717, 1.165) is 69.1 Å². The molecule has 0 radical (unpaired) electrons. The van der Waals surface area contributed by atoms with E-state index < -0.39 is 0 Å². The van der Waals surface area contributed by atoms with Gasteiger partial charge in [0.2, 0.25) is 0 Å². The Labute approximate surface area is 376 Å². The summed E-state index contributed by atoms with van der Waals surface area (Å²) in [4.78, 5) is 27.3. The van der Waals surface area contributed by atoms with Crippen LogP contribution in [0.5, 0.6) is 34.5 Å². The lowest BCUT2D eigenvalue weighted by molar-refractivity contribution is 0.00571. The number of nitrogens with one attached hydrogen (secondary N) is 2. The van der Waals surface area contributed by atoms with E-state index >= 15 is 0 Å². The molecule has 0 atom stereocenters. The van der Waals surface area contributed by atoms with Crippen molar-refractivity contribution >= 4 is 12.4 Å². The standard InChI is InChI=1S/C23H30N2O2.C14H26N2O2.C14H12O3.CH4/c1-26-21-8-4-5-9-22(21)27-20-7-3-2-6-19(20)18-25-16-12-23(13-17-25)10-14-24-15-11-23;1-13(2,3)18-12(17)16-10-6-14(7-11-16)4-8-15-9-5-14;1-16-13-8-4-5-9-14(13)17-12-7-3-2-6-11(12)10-15;/h2-9,24H,10-18H2,1H3;15H,4-11H2,1-3H3;2-10H,1H3;1H4. The Balaban J connectivity index is 0.000000184. The Bertz CT molecular complexity index is 2000. The molecule has 0 unspecified atom stereocenters. The lowest BCUT2D eigenvalue weighted by atomic mass is 9.71. The van der Waals surface area contributed by atoms with Crippen LogP contribution in [0, 0.1) is 10.8 Å². The molecule has 11 nitrogen and oxygen atoms in total. The number of hydrogen-bond donors (Lipinski definition) is 2. The van der Waals surface area contributed by atoms with E-state index in [1.54, 1.807) is 44.6 Å². The van der Waals surface area contributed by atoms with Crippen LogP contribution in [0.1, 0.15) is 95.5 Å². The summed E-state index contributed by atoms with van der Waals surface area (Å²) in [6.45, 7) is 15.4. The normalized spacial score (nSPS) is 18.0. The van der Waals surface area contributed by atoms with E-state index in [4.69, 9.17) is 23.7 Å². The summed E-state index contributed by atoms with van der Waals surface area (Å²) in [5.74, 6) is 4.19. The van der Waals surface area contributed by atoms with E-state index in [0.29, 0.717) is 33.6 Å². The Kier molecular flexibility index (Phi) is 18.3. The highest BCUT2D eigenvalue weighted by Crippen LogP contribution is 2.41. The average molecular weight is 865 g/mol. The zero-order chi connectivity index (χ0) is 43.8. The van der Waals surface area contributed by atoms with Gasteiger partial charge in [0.05, 0.1) is 19.8 Å². The van der Waals surface area contributed by atoms with Gasteiger partial charge in [-0.2, -0.15) is 0 Å². The Morgan fingerprint density at radius 2 is 1.00 bits per heavy atom. The zero-order valence-electron chi connectivity index (χ0n) is 37.6. The molecule has 4 aromatic carbocycles. The van der Waals surface area contributed by atoms with Crippen molar-refractivity contribution in [3.05, 3.63) is 108 Å². The van der Waals surface area contributed by atoms with E-state index in [1.807, 2.05) is 74.2 Å². The number of aldehydes is 1. The summed E-state index contributed by atoms with van der Waals surface area (Å²) in [6.07, 6.45) is 10.7. The predicted molar refractivity (Wildman–Crippen MR) is 252 cm³/mol. The van der Waals surface area contributed by atoms with Gasteiger partial charge in [-0.3, -0.25) is 9.69 Å². The maximum atomic E-state index is 12.0. The van der Waals surface area contributed by atoms with Crippen LogP contribution in [-0.2, 0) is 11.3 Å². The van der Waals surface area contributed by atoms with Gasteiger partial charge < -0.3 is 39.2 Å². The lowest BCUT2D eigenvalue weighted by Gasteiger charge is -2.44. The number of rotatable bonds is 9. The highest BCUT2D eigenvalue weighted by Gasteiger charge is 2.38. The highest BCUT2D eigenvalue weighted by atomic mass is 16.6. The van der Waals surface area contributed by atoms with Gasteiger partial charge >= 0.3 is 6.09 Å². The van der Waals surface area contributed by atoms with E-state index in [1.165, 1.54) is 70.3 Å². The summed E-state index contributed by atoms with van der Waals surface area (Å²) in [6, 6.07) is 30.6. The van der Waals surface area contributed by atoms with Crippen molar-refractivity contribution in [1.29, 1.82) is 0 Å². The van der Waals surface area contributed by atoms with Crippen molar-refractivity contribution in [2.45, 2.75) is 91.7 Å². The number of benzene rings is 4. The number of piperidine rings is 4. The zero-order valence-corrected chi connectivity index (χ0v) is 37.6. The van der Waals surface area contributed by atoms with Crippen LogP contribution >= 0.6 is 0 Å². The second-order valence-corrected chi connectivity index (χ2v) is 18.0. The third-order valence-corrected chi connectivity index (χ3v) is 12.7. The summed E-state index contributed by atoms with van der Waals surface area (Å²) in [5.41, 5.74) is 2.45. The van der Waals surface area contributed by atoms with Crippen molar-refractivity contribution in [3.63, 3.8) is 0 Å². The number of para-hydroxylation sites is 6. The van der Waals surface area contributed by atoms with Crippen LogP contribution in [0.4, 0.5) is 4.79 Å².